The number of nitrogens with two attached hydrogens (primary N) is 2. The summed E-state index contributed by atoms with van der Waals surface area (Å²) >= 11 is -2.12. The zero-order valence-corrected chi connectivity index (χ0v) is 17.0. The van der Waals surface area contributed by atoms with Crippen molar-refractivity contribution >= 4 is 35.0 Å². The molecule has 0 fully saturated rings. The van der Waals surface area contributed by atoms with E-state index in [1.54, 1.807) is 30.3 Å². The summed E-state index contributed by atoms with van der Waals surface area (Å²) in [4.78, 5) is 38.5. The summed E-state index contributed by atoms with van der Waals surface area (Å²) in [5.41, 5.74) is 10.3. The van der Waals surface area contributed by atoms with Gasteiger partial charge in [0.15, 0.2) is 5.96 Å². The van der Waals surface area contributed by atoms with E-state index in [0.29, 0.717) is 18.7 Å². The summed E-state index contributed by atoms with van der Waals surface area (Å²) in [5, 5.41) is 14.2. The normalized spacial score (nSPS) is 12.3. The maximum atomic E-state index is 11.9. The SMILES string of the molecule is NC(N)=NCCCC(=O)NCCC(=O)NCC(NS(=O)Oc1ccccc1)C(=O)O. The van der Waals surface area contributed by atoms with E-state index >= 15 is 0 Å². The van der Waals surface area contributed by atoms with Gasteiger partial charge in [-0.25, -0.2) is 0 Å². The molecule has 166 valence electrons. The highest BCUT2D eigenvalue weighted by molar-refractivity contribution is 7.78. The fourth-order valence-electron chi connectivity index (χ4n) is 2.04. The van der Waals surface area contributed by atoms with Crippen LogP contribution >= 0.6 is 0 Å². The minimum atomic E-state index is -2.12. The number of hydrogen-bond acceptors (Lipinski definition) is 6. The quantitative estimate of drug-likeness (QED) is 0.112. The van der Waals surface area contributed by atoms with Gasteiger partial charge in [0.2, 0.25) is 11.8 Å². The van der Waals surface area contributed by atoms with Crippen molar-refractivity contribution < 1.29 is 27.9 Å². The predicted octanol–water partition coefficient (Wildman–Crippen LogP) is -1.64. The van der Waals surface area contributed by atoms with Crippen LogP contribution in [0.5, 0.6) is 5.75 Å². The van der Waals surface area contributed by atoms with Crippen LogP contribution in [-0.4, -0.2) is 58.7 Å². The second-order valence-electron chi connectivity index (χ2n) is 5.95. The number of nitrogens with one attached hydrogen (secondary N) is 3. The molecule has 1 aromatic carbocycles. The van der Waals surface area contributed by atoms with E-state index in [9.17, 15) is 23.7 Å². The largest absolute Gasteiger partial charge is 0.480 e. The average molecular weight is 442 g/mol. The molecule has 0 heterocycles. The van der Waals surface area contributed by atoms with Crippen molar-refractivity contribution in [3.63, 3.8) is 0 Å². The summed E-state index contributed by atoms with van der Waals surface area (Å²) in [7, 11) is 0. The number of carboxylic acid groups (broad SMARTS) is 1. The van der Waals surface area contributed by atoms with Gasteiger partial charge >= 0.3 is 5.97 Å². The molecule has 0 aliphatic carbocycles. The highest BCUT2D eigenvalue weighted by atomic mass is 32.2. The molecular formula is C17H26N6O6S. The molecule has 30 heavy (non-hydrogen) atoms. The van der Waals surface area contributed by atoms with Gasteiger partial charge in [0.05, 0.1) is 0 Å². The van der Waals surface area contributed by atoms with Gasteiger partial charge in [-0.15, -0.1) is 0 Å². The third kappa shape index (κ3) is 11.6. The van der Waals surface area contributed by atoms with Crippen molar-refractivity contribution in [2.45, 2.75) is 25.3 Å². The molecule has 2 amide bonds. The van der Waals surface area contributed by atoms with Gasteiger partial charge in [-0.05, 0) is 18.6 Å². The highest BCUT2D eigenvalue weighted by Gasteiger charge is 2.21. The Morgan fingerprint density at radius 3 is 2.40 bits per heavy atom. The molecule has 12 nitrogen and oxygen atoms in total. The molecule has 0 aromatic heterocycles. The van der Waals surface area contributed by atoms with Gasteiger partial charge in [0, 0.05) is 32.5 Å². The van der Waals surface area contributed by atoms with Crippen LogP contribution in [0.4, 0.5) is 0 Å². The van der Waals surface area contributed by atoms with Crippen LogP contribution in [0.25, 0.3) is 0 Å². The zero-order valence-electron chi connectivity index (χ0n) is 16.2. The minimum absolute atomic E-state index is 0.0447. The summed E-state index contributed by atoms with van der Waals surface area (Å²) in [6, 6.07) is 6.88. The first-order valence-corrected chi connectivity index (χ1v) is 10.1. The number of carbonyl (C=O) groups excluding carboxylic acids is 2. The molecular weight excluding hydrogens is 416 g/mol. The van der Waals surface area contributed by atoms with E-state index in [2.05, 4.69) is 20.3 Å². The Bertz CT molecular complexity index is 756. The number of aliphatic imine (C=N–C) groups is 1. The summed E-state index contributed by atoms with van der Waals surface area (Å²) < 4.78 is 19.2. The second kappa shape index (κ2) is 13.9. The Balaban J connectivity index is 2.27. The molecule has 1 aromatic rings. The fourth-order valence-corrected chi connectivity index (χ4v) is 2.79. The molecule has 0 aliphatic heterocycles. The van der Waals surface area contributed by atoms with Crippen molar-refractivity contribution in [1.82, 2.24) is 15.4 Å². The van der Waals surface area contributed by atoms with E-state index in [4.69, 9.17) is 15.7 Å². The standard InChI is InChI=1S/C17H26N6O6S/c18-17(19)21-9-4-7-14(24)20-10-8-15(25)22-11-13(16(26)27)23-30(28)29-12-5-2-1-3-6-12/h1-3,5-6,13,23H,4,7-11H2,(H,20,24)(H,22,25)(H,26,27)(H4,18,19,21). The summed E-state index contributed by atoms with van der Waals surface area (Å²) in [6.07, 6.45) is 0.621. The van der Waals surface area contributed by atoms with Crippen molar-refractivity contribution in [2.75, 3.05) is 19.6 Å². The summed E-state index contributed by atoms with van der Waals surface area (Å²) in [5.74, 6) is -1.79. The van der Waals surface area contributed by atoms with Crippen LogP contribution in [-0.2, 0) is 25.7 Å². The van der Waals surface area contributed by atoms with Gasteiger partial charge in [-0.1, -0.05) is 18.2 Å². The van der Waals surface area contributed by atoms with Crippen LogP contribution in [0, 0.1) is 0 Å². The van der Waals surface area contributed by atoms with Crippen molar-refractivity contribution in [3.8, 4) is 5.75 Å². The number of para-hydroxylation sites is 1. The Hall–Kier alpha value is -3.19. The number of aliphatic carboxylic acids is 1. The lowest BCUT2D eigenvalue weighted by molar-refractivity contribution is -0.138. The van der Waals surface area contributed by atoms with Crippen molar-refractivity contribution in [3.05, 3.63) is 30.3 Å². The molecule has 0 aliphatic rings. The monoisotopic (exact) mass is 442 g/mol. The minimum Gasteiger partial charge on any atom is -0.480 e. The smallest absolute Gasteiger partial charge is 0.323 e. The maximum absolute atomic E-state index is 11.9. The van der Waals surface area contributed by atoms with Gasteiger partial charge in [-0.3, -0.25) is 19.4 Å². The molecule has 13 heteroatoms. The first-order chi connectivity index (χ1) is 14.3. The Morgan fingerprint density at radius 1 is 1.10 bits per heavy atom. The predicted molar refractivity (Wildman–Crippen MR) is 110 cm³/mol. The van der Waals surface area contributed by atoms with Crippen LogP contribution in [0.15, 0.2) is 35.3 Å². The third-order valence-corrected chi connectivity index (χ3v) is 4.31. The fraction of sp³-hybridized carbons (Fsp3) is 0.412. The molecule has 0 spiro atoms. The number of carboxylic acids is 1. The number of guanidine groups is 1. The van der Waals surface area contributed by atoms with E-state index in [1.807, 2.05) is 0 Å². The molecule has 1 rings (SSSR count). The van der Waals surface area contributed by atoms with E-state index in [0.717, 1.165) is 0 Å². The zero-order chi connectivity index (χ0) is 22.4. The van der Waals surface area contributed by atoms with Gasteiger partial charge in [0.1, 0.15) is 11.8 Å². The Labute approximate surface area is 176 Å². The van der Waals surface area contributed by atoms with Crippen LogP contribution in [0.1, 0.15) is 19.3 Å². The maximum Gasteiger partial charge on any atom is 0.323 e. The van der Waals surface area contributed by atoms with Crippen molar-refractivity contribution in [2.24, 2.45) is 16.5 Å². The summed E-state index contributed by atoms with van der Waals surface area (Å²) in [6.45, 7) is 0.0981. The Morgan fingerprint density at radius 2 is 1.77 bits per heavy atom. The number of benzene rings is 1. The number of hydrogen-bond donors (Lipinski definition) is 6. The number of carbonyl (C=O) groups is 3. The van der Waals surface area contributed by atoms with E-state index in [1.165, 1.54) is 0 Å². The molecule has 0 saturated heterocycles. The first-order valence-electron chi connectivity index (χ1n) is 9.01. The van der Waals surface area contributed by atoms with E-state index in [-0.39, 0.29) is 37.8 Å². The van der Waals surface area contributed by atoms with Crippen LogP contribution in [0.3, 0.4) is 0 Å². The highest BCUT2D eigenvalue weighted by Crippen LogP contribution is 2.09. The molecule has 2 unspecified atom stereocenters. The number of rotatable bonds is 14. The molecule has 0 radical (unpaired) electrons. The number of nitrogens with zero attached hydrogens (tertiary/aromatic N) is 1. The lowest BCUT2D eigenvalue weighted by Gasteiger charge is -2.14. The molecule has 0 bridgehead atoms. The lowest BCUT2D eigenvalue weighted by Crippen LogP contribution is -2.47. The van der Waals surface area contributed by atoms with Gasteiger partial charge in [-0.2, -0.15) is 8.93 Å². The Kier molecular flexibility index (Phi) is 11.5. The first kappa shape index (κ1) is 24.8. The van der Waals surface area contributed by atoms with Crippen LogP contribution < -0.4 is 31.0 Å². The van der Waals surface area contributed by atoms with Crippen LogP contribution in [0.2, 0.25) is 0 Å². The molecule has 8 N–H and O–H groups in total. The number of amides is 2. The molecule has 0 saturated carbocycles. The third-order valence-electron chi connectivity index (χ3n) is 3.49. The average Bonchev–Trinajstić information content (AvgIpc) is 2.69. The van der Waals surface area contributed by atoms with E-state index < -0.39 is 29.2 Å². The van der Waals surface area contributed by atoms with Gasteiger partial charge in [0.25, 0.3) is 11.3 Å². The van der Waals surface area contributed by atoms with Crippen molar-refractivity contribution in [1.29, 1.82) is 0 Å². The van der Waals surface area contributed by atoms with Gasteiger partial charge < -0.3 is 31.4 Å². The lowest BCUT2D eigenvalue weighted by atomic mass is 10.3. The second-order valence-corrected chi connectivity index (χ2v) is 6.83. The topological polar surface area (TPSA) is 198 Å². The molecule has 2 atom stereocenters.